The van der Waals surface area contributed by atoms with Gasteiger partial charge in [-0.1, -0.05) is 24.1 Å². The van der Waals surface area contributed by atoms with Crippen molar-refractivity contribution in [2.75, 3.05) is 36.0 Å². The minimum absolute atomic E-state index is 0.00881. The predicted octanol–water partition coefficient (Wildman–Crippen LogP) is 3.16. The monoisotopic (exact) mass is 485 g/mol. The third kappa shape index (κ3) is 5.38. The van der Waals surface area contributed by atoms with E-state index in [0.717, 1.165) is 29.8 Å². The van der Waals surface area contributed by atoms with Crippen LogP contribution in [0.4, 0.5) is 11.4 Å². The number of sulfonamides is 2. The van der Waals surface area contributed by atoms with Crippen LogP contribution in [0.3, 0.4) is 0 Å². The SMILES string of the molecule is CN(c1cccc(NC(=O)c2cc(S(=O)(=O)N3CCCCC3)ccc2Cl)c1)S(C)(=O)=O. The number of halogens is 1. The maximum absolute atomic E-state index is 12.9. The van der Waals surface area contributed by atoms with Crippen LogP contribution in [-0.2, 0) is 20.0 Å². The van der Waals surface area contributed by atoms with E-state index in [4.69, 9.17) is 11.6 Å². The number of carbonyl (C=O) groups excluding carboxylic acids is 1. The molecule has 1 saturated heterocycles. The molecule has 1 fully saturated rings. The van der Waals surface area contributed by atoms with E-state index in [0.29, 0.717) is 24.5 Å². The molecule has 3 rings (SSSR count). The van der Waals surface area contributed by atoms with Crippen molar-refractivity contribution in [2.24, 2.45) is 0 Å². The Labute approximate surface area is 187 Å². The lowest BCUT2D eigenvalue weighted by atomic mass is 10.2. The molecule has 0 atom stereocenters. The summed E-state index contributed by atoms with van der Waals surface area (Å²) in [5.74, 6) is -0.597. The first-order valence-electron chi connectivity index (χ1n) is 9.65. The van der Waals surface area contributed by atoms with Gasteiger partial charge in [0.1, 0.15) is 0 Å². The van der Waals surface area contributed by atoms with E-state index in [9.17, 15) is 21.6 Å². The first-order valence-corrected chi connectivity index (χ1v) is 13.3. The van der Waals surface area contributed by atoms with Crippen molar-refractivity contribution >= 4 is 48.9 Å². The zero-order chi connectivity index (χ0) is 22.8. The number of hydrogen-bond acceptors (Lipinski definition) is 5. The Kier molecular flexibility index (Phi) is 6.95. The summed E-state index contributed by atoms with van der Waals surface area (Å²) in [5, 5.41) is 2.76. The van der Waals surface area contributed by atoms with E-state index >= 15 is 0 Å². The number of nitrogens with zero attached hydrogens (tertiary/aromatic N) is 2. The van der Waals surface area contributed by atoms with Crippen molar-refractivity contribution in [1.82, 2.24) is 4.31 Å². The van der Waals surface area contributed by atoms with Gasteiger partial charge in [0.25, 0.3) is 5.91 Å². The molecule has 1 heterocycles. The van der Waals surface area contributed by atoms with E-state index in [1.165, 1.54) is 35.6 Å². The first-order chi connectivity index (χ1) is 14.5. The quantitative estimate of drug-likeness (QED) is 0.676. The van der Waals surface area contributed by atoms with Crippen LogP contribution in [0.1, 0.15) is 29.6 Å². The van der Waals surface area contributed by atoms with Gasteiger partial charge in [0.2, 0.25) is 20.0 Å². The molecule has 0 aliphatic carbocycles. The minimum Gasteiger partial charge on any atom is -0.322 e. The van der Waals surface area contributed by atoms with Crippen LogP contribution in [0.25, 0.3) is 0 Å². The number of carbonyl (C=O) groups is 1. The van der Waals surface area contributed by atoms with Gasteiger partial charge in [-0.15, -0.1) is 0 Å². The summed E-state index contributed by atoms with van der Waals surface area (Å²) in [5.41, 5.74) is 0.729. The van der Waals surface area contributed by atoms with Crippen molar-refractivity contribution in [3.63, 3.8) is 0 Å². The molecule has 0 unspecified atom stereocenters. The van der Waals surface area contributed by atoms with Crippen LogP contribution in [0.15, 0.2) is 47.4 Å². The second-order valence-corrected chi connectivity index (χ2v) is 11.7. The van der Waals surface area contributed by atoms with Crippen LogP contribution in [0.2, 0.25) is 5.02 Å². The summed E-state index contributed by atoms with van der Waals surface area (Å²) < 4.78 is 51.9. The second kappa shape index (κ2) is 9.15. The third-order valence-electron chi connectivity index (χ3n) is 5.10. The highest BCUT2D eigenvalue weighted by atomic mass is 35.5. The molecule has 0 aromatic heterocycles. The lowest BCUT2D eigenvalue weighted by Gasteiger charge is -2.26. The standard InChI is InChI=1S/C20H24ClN3O5S2/c1-23(30(2,26)27)16-8-6-7-15(13-16)22-20(25)18-14-17(9-10-19(18)21)31(28,29)24-11-4-3-5-12-24/h6-10,13-14H,3-5,11-12H2,1-2H3,(H,22,25). The van der Waals surface area contributed by atoms with Crippen molar-refractivity contribution in [3.8, 4) is 0 Å². The number of rotatable bonds is 6. The van der Waals surface area contributed by atoms with E-state index in [2.05, 4.69) is 5.32 Å². The number of amides is 1. The summed E-state index contributed by atoms with van der Waals surface area (Å²) in [6, 6.07) is 10.3. The molecular formula is C20H24ClN3O5S2. The Morgan fingerprint density at radius 3 is 2.35 bits per heavy atom. The average Bonchev–Trinajstić information content (AvgIpc) is 2.73. The molecular weight excluding hydrogens is 462 g/mol. The zero-order valence-corrected chi connectivity index (χ0v) is 19.6. The van der Waals surface area contributed by atoms with Gasteiger partial charge in [0.05, 0.1) is 27.4 Å². The van der Waals surface area contributed by atoms with Gasteiger partial charge in [-0.25, -0.2) is 16.8 Å². The molecule has 2 aromatic carbocycles. The molecule has 2 aromatic rings. The molecule has 1 N–H and O–H groups in total. The van der Waals surface area contributed by atoms with Gasteiger partial charge in [-0.2, -0.15) is 4.31 Å². The van der Waals surface area contributed by atoms with Crippen molar-refractivity contribution in [1.29, 1.82) is 0 Å². The molecule has 31 heavy (non-hydrogen) atoms. The largest absolute Gasteiger partial charge is 0.322 e. The van der Waals surface area contributed by atoms with Gasteiger partial charge in [0.15, 0.2) is 0 Å². The van der Waals surface area contributed by atoms with E-state index in [1.807, 2.05) is 0 Å². The number of hydrogen-bond donors (Lipinski definition) is 1. The topological polar surface area (TPSA) is 104 Å². The highest BCUT2D eigenvalue weighted by Gasteiger charge is 2.27. The van der Waals surface area contributed by atoms with Gasteiger partial charge in [-0.3, -0.25) is 9.10 Å². The summed E-state index contributed by atoms with van der Waals surface area (Å²) in [6.07, 6.45) is 3.68. The fourth-order valence-electron chi connectivity index (χ4n) is 3.26. The summed E-state index contributed by atoms with van der Waals surface area (Å²) in [7, 11) is -5.78. The van der Waals surface area contributed by atoms with Crippen molar-refractivity contribution in [2.45, 2.75) is 24.2 Å². The van der Waals surface area contributed by atoms with E-state index in [1.54, 1.807) is 18.2 Å². The van der Waals surface area contributed by atoms with Gasteiger partial charge in [-0.05, 0) is 49.2 Å². The normalized spacial score (nSPS) is 15.5. The molecule has 11 heteroatoms. The van der Waals surface area contributed by atoms with E-state index < -0.39 is 26.0 Å². The Balaban J connectivity index is 1.87. The fraction of sp³-hybridized carbons (Fsp3) is 0.350. The van der Waals surface area contributed by atoms with Crippen LogP contribution in [-0.4, -0.2) is 53.4 Å². The molecule has 0 saturated carbocycles. The molecule has 0 radical (unpaired) electrons. The van der Waals surface area contributed by atoms with Crippen molar-refractivity contribution in [3.05, 3.63) is 53.1 Å². The molecule has 1 aliphatic rings. The molecule has 1 amide bonds. The van der Waals surface area contributed by atoms with E-state index in [-0.39, 0.29) is 15.5 Å². The molecule has 8 nitrogen and oxygen atoms in total. The fourth-order valence-corrected chi connectivity index (χ4v) is 5.51. The summed E-state index contributed by atoms with van der Waals surface area (Å²) >= 11 is 6.18. The molecule has 1 aliphatic heterocycles. The van der Waals surface area contributed by atoms with Crippen LogP contribution < -0.4 is 9.62 Å². The number of piperidine rings is 1. The maximum Gasteiger partial charge on any atom is 0.257 e. The highest BCUT2D eigenvalue weighted by Crippen LogP contribution is 2.27. The van der Waals surface area contributed by atoms with Crippen LogP contribution in [0, 0.1) is 0 Å². The smallest absolute Gasteiger partial charge is 0.257 e. The Hall–Kier alpha value is -2.14. The molecule has 0 bridgehead atoms. The predicted molar refractivity (Wildman–Crippen MR) is 122 cm³/mol. The Morgan fingerprint density at radius 1 is 1.03 bits per heavy atom. The third-order valence-corrected chi connectivity index (χ3v) is 8.53. The average molecular weight is 486 g/mol. The summed E-state index contributed by atoms with van der Waals surface area (Å²) in [4.78, 5) is 12.8. The zero-order valence-electron chi connectivity index (χ0n) is 17.2. The number of benzene rings is 2. The van der Waals surface area contributed by atoms with Gasteiger partial charge < -0.3 is 5.32 Å². The Bertz CT molecular complexity index is 1190. The number of nitrogens with one attached hydrogen (secondary N) is 1. The lowest BCUT2D eigenvalue weighted by Crippen LogP contribution is -2.35. The second-order valence-electron chi connectivity index (χ2n) is 7.34. The lowest BCUT2D eigenvalue weighted by molar-refractivity contribution is 0.102. The van der Waals surface area contributed by atoms with Crippen LogP contribution in [0.5, 0.6) is 0 Å². The van der Waals surface area contributed by atoms with Crippen molar-refractivity contribution < 1.29 is 21.6 Å². The highest BCUT2D eigenvalue weighted by molar-refractivity contribution is 7.92. The van der Waals surface area contributed by atoms with Gasteiger partial charge in [0, 0.05) is 25.8 Å². The maximum atomic E-state index is 12.9. The molecule has 0 spiro atoms. The minimum atomic E-state index is -3.72. The van der Waals surface area contributed by atoms with Crippen LogP contribution >= 0.6 is 11.6 Å². The Morgan fingerprint density at radius 2 is 1.71 bits per heavy atom. The first kappa shape index (κ1) is 23.5. The summed E-state index contributed by atoms with van der Waals surface area (Å²) in [6.45, 7) is 0.903. The molecule has 168 valence electrons. The number of anilines is 2. The van der Waals surface area contributed by atoms with Gasteiger partial charge >= 0.3 is 0 Å².